The fourth-order valence-corrected chi connectivity index (χ4v) is 3.25. The third-order valence-corrected chi connectivity index (χ3v) is 4.16. The SMILES string of the molecule is Fc1cc(N2CC3CC(C2)N3c2ncncc2F)ccn1. The molecule has 21 heavy (non-hydrogen) atoms. The van der Waals surface area contributed by atoms with E-state index in [0.29, 0.717) is 5.82 Å². The molecule has 0 N–H and O–H groups in total. The number of rotatable bonds is 2. The molecule has 0 saturated carbocycles. The third-order valence-electron chi connectivity index (χ3n) is 4.16. The summed E-state index contributed by atoms with van der Waals surface area (Å²) in [6, 6.07) is 3.62. The van der Waals surface area contributed by atoms with Crippen molar-refractivity contribution in [2.24, 2.45) is 0 Å². The number of aromatic nitrogens is 3. The predicted octanol–water partition coefficient (Wildman–Crippen LogP) is 1.62. The van der Waals surface area contributed by atoms with Crippen LogP contribution >= 0.6 is 0 Å². The first-order valence-corrected chi connectivity index (χ1v) is 6.83. The third kappa shape index (κ3) is 2.00. The number of halogens is 2. The van der Waals surface area contributed by atoms with Gasteiger partial charge in [0.2, 0.25) is 5.95 Å². The van der Waals surface area contributed by atoms with Crippen LogP contribution < -0.4 is 9.80 Å². The van der Waals surface area contributed by atoms with Crippen molar-refractivity contribution in [3.05, 3.63) is 42.6 Å². The van der Waals surface area contributed by atoms with Gasteiger partial charge in [-0.05, 0) is 12.5 Å². The van der Waals surface area contributed by atoms with Gasteiger partial charge >= 0.3 is 0 Å². The van der Waals surface area contributed by atoms with Crippen LogP contribution in [0.5, 0.6) is 0 Å². The molecular weight excluding hydrogens is 276 g/mol. The zero-order valence-electron chi connectivity index (χ0n) is 11.2. The molecule has 2 aromatic heterocycles. The lowest BCUT2D eigenvalue weighted by Crippen LogP contribution is -2.69. The summed E-state index contributed by atoms with van der Waals surface area (Å²) in [6.45, 7) is 1.45. The Balaban J connectivity index is 1.55. The van der Waals surface area contributed by atoms with Crippen molar-refractivity contribution < 1.29 is 8.78 Å². The average Bonchev–Trinajstić information content (AvgIpc) is 2.49. The maximum absolute atomic E-state index is 13.8. The molecule has 0 aliphatic carbocycles. The molecule has 3 saturated heterocycles. The number of piperidine rings is 1. The largest absolute Gasteiger partial charge is 0.367 e. The van der Waals surface area contributed by atoms with Gasteiger partial charge in [0, 0.05) is 31.0 Å². The van der Waals surface area contributed by atoms with Crippen molar-refractivity contribution in [3.8, 4) is 0 Å². The molecule has 3 aliphatic rings. The van der Waals surface area contributed by atoms with Crippen LogP contribution in [0.4, 0.5) is 20.3 Å². The molecular formula is C14H13F2N5. The molecule has 5 nitrogen and oxygen atoms in total. The average molecular weight is 289 g/mol. The summed E-state index contributed by atoms with van der Waals surface area (Å²) in [7, 11) is 0. The van der Waals surface area contributed by atoms with Crippen LogP contribution in [0.25, 0.3) is 0 Å². The van der Waals surface area contributed by atoms with Gasteiger partial charge in [-0.15, -0.1) is 0 Å². The summed E-state index contributed by atoms with van der Waals surface area (Å²) in [5, 5.41) is 0. The second-order valence-electron chi connectivity index (χ2n) is 5.39. The summed E-state index contributed by atoms with van der Waals surface area (Å²) < 4.78 is 27.0. The molecule has 2 aromatic rings. The molecule has 3 fully saturated rings. The molecule has 108 valence electrons. The van der Waals surface area contributed by atoms with E-state index in [4.69, 9.17) is 0 Å². The molecule has 2 unspecified atom stereocenters. The Labute approximate surface area is 120 Å². The van der Waals surface area contributed by atoms with Gasteiger partial charge in [0.15, 0.2) is 11.6 Å². The molecule has 5 rings (SSSR count). The van der Waals surface area contributed by atoms with E-state index in [9.17, 15) is 8.78 Å². The lowest BCUT2D eigenvalue weighted by Gasteiger charge is -2.57. The molecule has 0 aromatic carbocycles. The first-order chi connectivity index (χ1) is 10.2. The Morgan fingerprint density at radius 3 is 2.67 bits per heavy atom. The van der Waals surface area contributed by atoms with Crippen LogP contribution in [0, 0.1) is 11.8 Å². The smallest absolute Gasteiger partial charge is 0.214 e. The van der Waals surface area contributed by atoms with Crippen molar-refractivity contribution in [1.29, 1.82) is 0 Å². The Morgan fingerprint density at radius 1 is 1.14 bits per heavy atom. The van der Waals surface area contributed by atoms with Gasteiger partial charge in [0.25, 0.3) is 0 Å². The van der Waals surface area contributed by atoms with Gasteiger partial charge in [-0.2, -0.15) is 4.39 Å². The van der Waals surface area contributed by atoms with E-state index in [1.165, 1.54) is 24.8 Å². The summed E-state index contributed by atoms with van der Waals surface area (Å²) in [5.41, 5.74) is 0.819. The zero-order chi connectivity index (χ0) is 14.4. The highest BCUT2D eigenvalue weighted by Crippen LogP contribution is 2.38. The number of hydrogen-bond donors (Lipinski definition) is 0. The van der Waals surface area contributed by atoms with Crippen LogP contribution in [-0.4, -0.2) is 40.1 Å². The fraction of sp³-hybridized carbons (Fsp3) is 0.357. The number of anilines is 2. The monoisotopic (exact) mass is 289 g/mol. The molecule has 2 bridgehead atoms. The molecule has 5 heterocycles. The fourth-order valence-electron chi connectivity index (χ4n) is 3.25. The lowest BCUT2D eigenvalue weighted by molar-refractivity contribution is 0.285. The van der Waals surface area contributed by atoms with E-state index < -0.39 is 11.8 Å². The lowest BCUT2D eigenvalue weighted by atomic mass is 9.87. The van der Waals surface area contributed by atoms with Gasteiger partial charge in [0.1, 0.15) is 6.33 Å². The van der Waals surface area contributed by atoms with Crippen LogP contribution in [-0.2, 0) is 0 Å². The van der Waals surface area contributed by atoms with E-state index in [1.807, 2.05) is 4.90 Å². The second-order valence-corrected chi connectivity index (χ2v) is 5.39. The Kier molecular flexibility index (Phi) is 2.73. The molecule has 7 heteroatoms. The minimum Gasteiger partial charge on any atom is -0.367 e. The van der Waals surface area contributed by atoms with Crippen LogP contribution in [0.1, 0.15) is 6.42 Å². The van der Waals surface area contributed by atoms with Crippen molar-refractivity contribution in [3.63, 3.8) is 0 Å². The first-order valence-electron chi connectivity index (χ1n) is 6.83. The number of pyridine rings is 1. The predicted molar refractivity (Wildman–Crippen MR) is 73.1 cm³/mol. The number of piperazine rings is 1. The summed E-state index contributed by atoms with van der Waals surface area (Å²) in [6.07, 6.45) is 5.02. The van der Waals surface area contributed by atoms with Crippen molar-refractivity contribution in [2.75, 3.05) is 22.9 Å². The van der Waals surface area contributed by atoms with Crippen LogP contribution in [0.3, 0.4) is 0 Å². The highest BCUT2D eigenvalue weighted by atomic mass is 19.1. The van der Waals surface area contributed by atoms with Gasteiger partial charge in [-0.1, -0.05) is 0 Å². The van der Waals surface area contributed by atoms with Gasteiger partial charge < -0.3 is 9.80 Å². The normalized spacial score (nSPS) is 23.9. The molecule has 3 aliphatic heterocycles. The first kappa shape index (κ1) is 12.4. The van der Waals surface area contributed by atoms with E-state index in [-0.39, 0.29) is 12.1 Å². The number of hydrogen-bond acceptors (Lipinski definition) is 5. The van der Waals surface area contributed by atoms with Crippen molar-refractivity contribution in [2.45, 2.75) is 18.5 Å². The van der Waals surface area contributed by atoms with Gasteiger partial charge in [-0.3, -0.25) is 0 Å². The van der Waals surface area contributed by atoms with E-state index in [1.54, 1.807) is 6.07 Å². The van der Waals surface area contributed by atoms with Crippen LogP contribution in [0.15, 0.2) is 30.9 Å². The van der Waals surface area contributed by atoms with Gasteiger partial charge in [0.05, 0.1) is 18.3 Å². The Bertz CT molecular complexity index is 668. The van der Waals surface area contributed by atoms with E-state index >= 15 is 0 Å². The minimum absolute atomic E-state index is 0.198. The Hall–Kier alpha value is -2.31. The maximum Gasteiger partial charge on any atom is 0.214 e. The second kappa shape index (κ2) is 4.61. The van der Waals surface area contributed by atoms with Crippen molar-refractivity contribution in [1.82, 2.24) is 15.0 Å². The quantitative estimate of drug-likeness (QED) is 0.786. The summed E-state index contributed by atoms with van der Waals surface area (Å²) >= 11 is 0. The zero-order valence-corrected chi connectivity index (χ0v) is 11.2. The molecule has 2 atom stereocenters. The molecule has 0 radical (unpaired) electrons. The highest BCUT2D eigenvalue weighted by molar-refractivity contribution is 5.54. The highest BCUT2D eigenvalue weighted by Gasteiger charge is 2.46. The Morgan fingerprint density at radius 2 is 1.95 bits per heavy atom. The van der Waals surface area contributed by atoms with Crippen LogP contribution in [0.2, 0.25) is 0 Å². The van der Waals surface area contributed by atoms with E-state index in [2.05, 4.69) is 19.9 Å². The van der Waals surface area contributed by atoms with Gasteiger partial charge in [-0.25, -0.2) is 19.3 Å². The maximum atomic E-state index is 13.8. The van der Waals surface area contributed by atoms with E-state index in [0.717, 1.165) is 25.2 Å². The standard InChI is InChI=1S/C14H13F2N5/c15-12-5-17-8-19-14(12)21-10-3-11(21)7-20(6-10)9-1-2-18-13(16)4-9/h1-2,4-5,8,10-11H,3,6-7H2. The molecule has 0 amide bonds. The van der Waals surface area contributed by atoms with Crippen molar-refractivity contribution >= 4 is 11.5 Å². The minimum atomic E-state index is -0.481. The number of fused-ring (bicyclic) bond motifs is 2. The topological polar surface area (TPSA) is 45.2 Å². The summed E-state index contributed by atoms with van der Waals surface area (Å²) in [5.74, 6) is -0.507. The number of nitrogens with zero attached hydrogens (tertiary/aromatic N) is 5. The molecule has 0 spiro atoms. The summed E-state index contributed by atoms with van der Waals surface area (Å²) in [4.78, 5) is 15.4.